The zero-order valence-corrected chi connectivity index (χ0v) is 10.2. The van der Waals surface area contributed by atoms with Crippen molar-refractivity contribution in [3.8, 4) is 0 Å². The van der Waals surface area contributed by atoms with E-state index in [1.165, 1.54) is 19.3 Å². The number of rotatable bonds is 5. The summed E-state index contributed by atoms with van der Waals surface area (Å²) in [5, 5.41) is 13.3. The predicted molar refractivity (Wildman–Crippen MR) is 70.8 cm³/mol. The lowest BCUT2D eigenvalue weighted by Gasteiger charge is -2.19. The molecular weight excluding hydrogens is 210 g/mol. The van der Waals surface area contributed by atoms with E-state index in [2.05, 4.69) is 17.5 Å². The zero-order chi connectivity index (χ0) is 11.9. The molecule has 2 rings (SSSR count). The summed E-state index contributed by atoms with van der Waals surface area (Å²) in [6.45, 7) is 1.65. The molecule has 0 bridgehead atoms. The molecule has 2 N–H and O–H groups in total. The van der Waals surface area contributed by atoms with Gasteiger partial charge in [-0.05, 0) is 37.3 Å². The maximum Gasteiger partial charge on any atom is 0.0914 e. The molecule has 0 fully saturated rings. The third kappa shape index (κ3) is 3.99. The maximum atomic E-state index is 9.97. The van der Waals surface area contributed by atoms with E-state index in [1.54, 1.807) is 0 Å². The van der Waals surface area contributed by atoms with E-state index in [0.717, 1.165) is 18.0 Å². The van der Waals surface area contributed by atoms with E-state index in [4.69, 9.17) is 0 Å². The van der Waals surface area contributed by atoms with Gasteiger partial charge in [0.25, 0.3) is 0 Å². The maximum absolute atomic E-state index is 9.97. The molecule has 2 nitrogen and oxygen atoms in total. The van der Waals surface area contributed by atoms with E-state index < -0.39 is 6.10 Å². The average Bonchev–Trinajstić information content (AvgIpc) is 2.41. The number of hydrogen-bond acceptors (Lipinski definition) is 2. The first kappa shape index (κ1) is 12.3. The molecule has 1 aliphatic rings. The van der Waals surface area contributed by atoms with E-state index in [0.29, 0.717) is 6.54 Å². The highest BCUT2D eigenvalue weighted by Crippen LogP contribution is 2.17. The second-order valence-corrected chi connectivity index (χ2v) is 4.74. The van der Waals surface area contributed by atoms with Crippen LogP contribution in [0.1, 0.15) is 30.9 Å². The Hall–Kier alpha value is -1.12. The van der Waals surface area contributed by atoms with Crippen LogP contribution in [0.2, 0.25) is 0 Å². The summed E-state index contributed by atoms with van der Waals surface area (Å²) in [7, 11) is 0. The highest BCUT2D eigenvalue weighted by atomic mass is 16.3. The molecule has 17 heavy (non-hydrogen) atoms. The molecule has 2 atom stereocenters. The monoisotopic (exact) mass is 231 g/mol. The largest absolute Gasteiger partial charge is 0.387 e. The second-order valence-electron chi connectivity index (χ2n) is 4.74. The number of nitrogens with one attached hydrogen (secondary N) is 1. The van der Waals surface area contributed by atoms with Crippen LogP contribution in [0.4, 0.5) is 0 Å². The van der Waals surface area contributed by atoms with Crippen LogP contribution in [0, 0.1) is 5.92 Å². The van der Waals surface area contributed by atoms with Crippen LogP contribution in [0.15, 0.2) is 42.5 Å². The minimum Gasteiger partial charge on any atom is -0.387 e. The Morgan fingerprint density at radius 2 is 2.06 bits per heavy atom. The normalized spacial score (nSPS) is 21.4. The fourth-order valence-electron chi connectivity index (χ4n) is 2.26. The van der Waals surface area contributed by atoms with Gasteiger partial charge in [-0.2, -0.15) is 0 Å². The van der Waals surface area contributed by atoms with E-state index in [9.17, 15) is 5.11 Å². The lowest BCUT2D eigenvalue weighted by Crippen LogP contribution is -2.27. The molecule has 1 aromatic carbocycles. The fourth-order valence-corrected chi connectivity index (χ4v) is 2.26. The number of hydrogen-bond donors (Lipinski definition) is 2. The summed E-state index contributed by atoms with van der Waals surface area (Å²) in [6, 6.07) is 9.83. The highest BCUT2D eigenvalue weighted by molar-refractivity contribution is 5.17. The van der Waals surface area contributed by atoms with Gasteiger partial charge in [-0.1, -0.05) is 42.5 Å². The van der Waals surface area contributed by atoms with Gasteiger partial charge < -0.3 is 10.4 Å². The van der Waals surface area contributed by atoms with Crippen molar-refractivity contribution in [2.75, 3.05) is 13.1 Å². The third-order valence-electron chi connectivity index (χ3n) is 3.33. The Kier molecular flexibility index (Phi) is 4.77. The molecule has 0 radical (unpaired) electrons. The molecule has 0 saturated heterocycles. The van der Waals surface area contributed by atoms with E-state index in [1.807, 2.05) is 30.3 Å². The van der Waals surface area contributed by atoms with Gasteiger partial charge in [-0.15, -0.1) is 0 Å². The van der Waals surface area contributed by atoms with Gasteiger partial charge >= 0.3 is 0 Å². The smallest absolute Gasteiger partial charge is 0.0914 e. The Balaban J connectivity index is 1.70. The van der Waals surface area contributed by atoms with E-state index >= 15 is 0 Å². The fraction of sp³-hybridized carbons (Fsp3) is 0.467. The molecule has 92 valence electrons. The van der Waals surface area contributed by atoms with Crippen LogP contribution >= 0.6 is 0 Å². The molecule has 0 heterocycles. The quantitative estimate of drug-likeness (QED) is 0.764. The molecule has 1 aliphatic carbocycles. The van der Waals surface area contributed by atoms with E-state index in [-0.39, 0.29) is 0 Å². The van der Waals surface area contributed by atoms with Crippen LogP contribution < -0.4 is 5.32 Å². The summed E-state index contributed by atoms with van der Waals surface area (Å²) in [5.74, 6) is 0.739. The van der Waals surface area contributed by atoms with Crippen LogP contribution in [0.25, 0.3) is 0 Å². The molecule has 1 aromatic rings. The summed E-state index contributed by atoms with van der Waals surface area (Å²) in [4.78, 5) is 0. The first-order valence-corrected chi connectivity index (χ1v) is 6.45. The molecular formula is C15H21NO. The van der Waals surface area contributed by atoms with Gasteiger partial charge in [0.15, 0.2) is 0 Å². The SMILES string of the molecule is OC(CNCC1CC=CCC1)c1ccccc1. The van der Waals surface area contributed by atoms with Crippen molar-refractivity contribution in [3.63, 3.8) is 0 Å². The first-order valence-electron chi connectivity index (χ1n) is 6.45. The summed E-state index contributed by atoms with van der Waals surface area (Å²) in [6.07, 6.45) is 7.78. The molecule has 0 aromatic heterocycles. The Morgan fingerprint density at radius 1 is 1.24 bits per heavy atom. The Morgan fingerprint density at radius 3 is 2.76 bits per heavy atom. The lowest BCUT2D eigenvalue weighted by molar-refractivity contribution is 0.172. The lowest BCUT2D eigenvalue weighted by atomic mass is 9.94. The second kappa shape index (κ2) is 6.58. The Labute approximate surface area is 103 Å². The summed E-state index contributed by atoms with van der Waals surface area (Å²) < 4.78 is 0. The van der Waals surface area contributed by atoms with Crippen molar-refractivity contribution in [2.45, 2.75) is 25.4 Å². The van der Waals surface area contributed by atoms with Crippen molar-refractivity contribution in [1.29, 1.82) is 0 Å². The van der Waals surface area contributed by atoms with Gasteiger partial charge in [0.1, 0.15) is 0 Å². The summed E-state index contributed by atoms with van der Waals surface area (Å²) in [5.41, 5.74) is 0.989. The molecule has 0 amide bonds. The van der Waals surface area contributed by atoms with Crippen molar-refractivity contribution in [2.24, 2.45) is 5.92 Å². The number of aliphatic hydroxyl groups is 1. The summed E-state index contributed by atoms with van der Waals surface area (Å²) >= 11 is 0. The van der Waals surface area contributed by atoms with Crippen LogP contribution in [0.5, 0.6) is 0 Å². The van der Waals surface area contributed by atoms with Gasteiger partial charge in [-0.3, -0.25) is 0 Å². The van der Waals surface area contributed by atoms with Crippen molar-refractivity contribution in [1.82, 2.24) is 5.32 Å². The first-order chi connectivity index (χ1) is 8.36. The van der Waals surface area contributed by atoms with Crippen LogP contribution in [0.3, 0.4) is 0 Å². The third-order valence-corrected chi connectivity index (χ3v) is 3.33. The highest BCUT2D eigenvalue weighted by Gasteiger charge is 2.11. The van der Waals surface area contributed by atoms with Gasteiger partial charge in [0, 0.05) is 6.54 Å². The van der Waals surface area contributed by atoms with Crippen molar-refractivity contribution < 1.29 is 5.11 Å². The van der Waals surface area contributed by atoms with Gasteiger partial charge in [-0.25, -0.2) is 0 Å². The standard InChI is InChI=1S/C15H21NO/c17-15(14-9-5-2-6-10-14)12-16-11-13-7-3-1-4-8-13/h1-3,5-6,9-10,13,15-17H,4,7-8,11-12H2. The topological polar surface area (TPSA) is 32.3 Å². The molecule has 2 unspecified atom stereocenters. The van der Waals surface area contributed by atoms with Crippen LogP contribution in [-0.2, 0) is 0 Å². The number of allylic oxidation sites excluding steroid dienone is 2. The van der Waals surface area contributed by atoms with Gasteiger partial charge in [0.2, 0.25) is 0 Å². The minimum absolute atomic E-state index is 0.393. The molecule has 0 aliphatic heterocycles. The van der Waals surface area contributed by atoms with Crippen LogP contribution in [-0.4, -0.2) is 18.2 Å². The van der Waals surface area contributed by atoms with Crippen molar-refractivity contribution in [3.05, 3.63) is 48.0 Å². The minimum atomic E-state index is -0.393. The molecule has 2 heteroatoms. The number of aliphatic hydroxyl groups excluding tert-OH is 1. The average molecular weight is 231 g/mol. The molecule has 0 saturated carbocycles. The van der Waals surface area contributed by atoms with Crippen molar-refractivity contribution >= 4 is 0 Å². The molecule has 0 spiro atoms. The van der Waals surface area contributed by atoms with Gasteiger partial charge in [0.05, 0.1) is 6.10 Å². The Bertz CT molecular complexity index is 347. The predicted octanol–water partition coefficient (Wildman–Crippen LogP) is 2.67. The number of benzene rings is 1. The zero-order valence-electron chi connectivity index (χ0n) is 10.2.